The van der Waals surface area contributed by atoms with Crippen LogP contribution in [-0.4, -0.2) is 42.2 Å². The van der Waals surface area contributed by atoms with Crippen LogP contribution in [0, 0.1) is 11.7 Å². The highest BCUT2D eigenvalue weighted by molar-refractivity contribution is 7.99. The molecular weight excluding hydrogens is 427 g/mol. The molecule has 0 aromatic heterocycles. The minimum absolute atomic E-state index is 0.105. The van der Waals surface area contributed by atoms with Crippen molar-refractivity contribution in [2.75, 3.05) is 19.4 Å². The monoisotopic (exact) mass is 460 g/mol. The molecule has 2 aromatic carbocycles. The van der Waals surface area contributed by atoms with Gasteiger partial charge in [0.15, 0.2) is 0 Å². The Hall–Kier alpha value is -2.54. The second-order valence-corrected chi connectivity index (χ2v) is 9.04. The van der Waals surface area contributed by atoms with Crippen LogP contribution in [0.2, 0.25) is 0 Å². The molecular formula is C25H33FN2O3S. The SMILES string of the molecule is CC[C@H](C(=O)NCC(C)C)N(Cc1cccc(OC)c1)C(=O)CSCc1ccc(F)cc1. The third-order valence-electron chi connectivity index (χ3n) is 4.97. The molecule has 5 nitrogen and oxygen atoms in total. The molecule has 0 heterocycles. The van der Waals surface area contributed by atoms with Crippen LogP contribution in [0.25, 0.3) is 0 Å². The number of nitrogens with one attached hydrogen (secondary N) is 1. The van der Waals surface area contributed by atoms with Gasteiger partial charge in [0, 0.05) is 18.8 Å². The maximum Gasteiger partial charge on any atom is 0.242 e. The largest absolute Gasteiger partial charge is 0.497 e. The molecule has 0 spiro atoms. The number of methoxy groups -OCH3 is 1. The number of ether oxygens (including phenoxy) is 1. The number of rotatable bonds is 12. The van der Waals surface area contributed by atoms with Crippen molar-refractivity contribution >= 4 is 23.6 Å². The second-order valence-electron chi connectivity index (χ2n) is 8.06. The molecule has 1 N–H and O–H groups in total. The molecule has 1 atom stereocenters. The molecule has 0 saturated carbocycles. The van der Waals surface area contributed by atoms with Crippen molar-refractivity contribution in [1.29, 1.82) is 0 Å². The standard InChI is InChI=1S/C25H33FN2O3S/c1-5-23(25(30)27-14-18(2)3)28(15-20-7-6-8-22(13-20)31-4)24(29)17-32-16-19-9-11-21(26)12-10-19/h6-13,18,23H,5,14-17H2,1-4H3,(H,27,30)/t23-/m1/s1. The molecule has 0 aliphatic heterocycles. The summed E-state index contributed by atoms with van der Waals surface area (Å²) in [5, 5.41) is 2.96. The van der Waals surface area contributed by atoms with Crippen LogP contribution in [0.15, 0.2) is 48.5 Å². The molecule has 2 aromatic rings. The van der Waals surface area contributed by atoms with Crippen molar-refractivity contribution < 1.29 is 18.7 Å². The van der Waals surface area contributed by atoms with Crippen LogP contribution in [0.1, 0.15) is 38.3 Å². The van der Waals surface area contributed by atoms with Crippen LogP contribution >= 0.6 is 11.8 Å². The van der Waals surface area contributed by atoms with Crippen molar-refractivity contribution in [3.63, 3.8) is 0 Å². The summed E-state index contributed by atoms with van der Waals surface area (Å²) in [5.41, 5.74) is 1.85. The van der Waals surface area contributed by atoms with Crippen molar-refractivity contribution in [1.82, 2.24) is 10.2 Å². The molecule has 2 rings (SSSR count). The molecule has 0 aliphatic carbocycles. The number of hydrogen-bond acceptors (Lipinski definition) is 4. The van der Waals surface area contributed by atoms with Crippen LogP contribution in [0.5, 0.6) is 5.75 Å². The van der Waals surface area contributed by atoms with Gasteiger partial charge in [-0.05, 0) is 47.7 Å². The first-order chi connectivity index (χ1) is 15.3. The summed E-state index contributed by atoms with van der Waals surface area (Å²) < 4.78 is 18.4. The molecule has 0 unspecified atom stereocenters. The maximum atomic E-state index is 13.2. The van der Waals surface area contributed by atoms with Gasteiger partial charge in [0.1, 0.15) is 17.6 Å². The summed E-state index contributed by atoms with van der Waals surface area (Å²) in [6.45, 7) is 6.87. The molecule has 0 fully saturated rings. The van der Waals surface area contributed by atoms with E-state index in [1.807, 2.05) is 45.0 Å². The van der Waals surface area contributed by atoms with Gasteiger partial charge >= 0.3 is 0 Å². The lowest BCUT2D eigenvalue weighted by Crippen LogP contribution is -2.50. The van der Waals surface area contributed by atoms with Crippen LogP contribution in [-0.2, 0) is 21.9 Å². The number of carbonyl (C=O) groups excluding carboxylic acids is 2. The lowest BCUT2D eigenvalue weighted by atomic mass is 10.1. The van der Waals surface area contributed by atoms with Gasteiger partial charge in [-0.1, -0.05) is 45.0 Å². The molecule has 0 bridgehead atoms. The van der Waals surface area contributed by atoms with E-state index >= 15 is 0 Å². The number of carbonyl (C=O) groups is 2. The number of thioether (sulfide) groups is 1. The summed E-state index contributed by atoms with van der Waals surface area (Å²) in [7, 11) is 1.60. The highest BCUT2D eigenvalue weighted by Gasteiger charge is 2.28. The van der Waals surface area contributed by atoms with Gasteiger partial charge in [0.2, 0.25) is 11.8 Å². The lowest BCUT2D eigenvalue weighted by molar-refractivity contribution is -0.139. The third-order valence-corrected chi connectivity index (χ3v) is 5.95. The van der Waals surface area contributed by atoms with E-state index in [4.69, 9.17) is 4.74 Å². The van der Waals surface area contributed by atoms with Gasteiger partial charge < -0.3 is 15.0 Å². The number of hydrogen-bond donors (Lipinski definition) is 1. The lowest BCUT2D eigenvalue weighted by Gasteiger charge is -2.31. The van der Waals surface area contributed by atoms with E-state index in [1.165, 1.54) is 23.9 Å². The normalized spacial score (nSPS) is 11.8. The number of benzene rings is 2. The Kier molecular flexibility index (Phi) is 10.5. The van der Waals surface area contributed by atoms with Gasteiger partial charge in [-0.2, -0.15) is 0 Å². The van der Waals surface area contributed by atoms with Gasteiger partial charge in [-0.3, -0.25) is 9.59 Å². The van der Waals surface area contributed by atoms with Crippen LogP contribution < -0.4 is 10.1 Å². The van der Waals surface area contributed by atoms with E-state index < -0.39 is 6.04 Å². The highest BCUT2D eigenvalue weighted by atomic mass is 32.2. The fraction of sp³-hybridized carbons (Fsp3) is 0.440. The van der Waals surface area contributed by atoms with Gasteiger partial charge in [-0.25, -0.2) is 4.39 Å². The molecule has 2 amide bonds. The van der Waals surface area contributed by atoms with E-state index in [9.17, 15) is 14.0 Å². The molecule has 174 valence electrons. The third kappa shape index (κ3) is 8.19. The average Bonchev–Trinajstić information content (AvgIpc) is 2.78. The minimum Gasteiger partial charge on any atom is -0.497 e. The molecule has 7 heteroatoms. The predicted molar refractivity (Wildman–Crippen MR) is 128 cm³/mol. The summed E-state index contributed by atoms with van der Waals surface area (Å²) in [6.07, 6.45) is 0.516. The van der Waals surface area contributed by atoms with Crippen LogP contribution in [0.4, 0.5) is 4.39 Å². The van der Waals surface area contributed by atoms with Gasteiger partial charge in [0.25, 0.3) is 0 Å². The van der Waals surface area contributed by atoms with E-state index in [-0.39, 0.29) is 23.4 Å². The zero-order valence-corrected chi connectivity index (χ0v) is 20.1. The summed E-state index contributed by atoms with van der Waals surface area (Å²) in [6, 6.07) is 13.2. The smallest absolute Gasteiger partial charge is 0.242 e. The predicted octanol–water partition coefficient (Wildman–Crippen LogP) is 4.65. The van der Waals surface area contributed by atoms with E-state index in [0.717, 1.165) is 11.1 Å². The Balaban J connectivity index is 2.13. The van der Waals surface area contributed by atoms with Crippen LogP contribution in [0.3, 0.4) is 0 Å². The molecule has 32 heavy (non-hydrogen) atoms. The Morgan fingerprint density at radius 1 is 1.12 bits per heavy atom. The molecule has 0 saturated heterocycles. The minimum atomic E-state index is -0.557. The second kappa shape index (κ2) is 13.1. The fourth-order valence-corrected chi connectivity index (χ4v) is 4.10. The Labute approximate surface area is 194 Å². The zero-order valence-electron chi connectivity index (χ0n) is 19.3. The summed E-state index contributed by atoms with van der Waals surface area (Å²) in [5.74, 6) is 1.33. The van der Waals surface area contributed by atoms with Crippen molar-refractivity contribution in [2.45, 2.75) is 45.5 Å². The first-order valence-corrected chi connectivity index (χ1v) is 12.0. The van der Waals surface area contributed by atoms with Crippen molar-refractivity contribution in [2.24, 2.45) is 5.92 Å². The molecule has 0 aliphatic rings. The first-order valence-electron chi connectivity index (χ1n) is 10.9. The fourth-order valence-electron chi connectivity index (χ4n) is 3.23. The molecule has 0 radical (unpaired) electrons. The summed E-state index contributed by atoms with van der Waals surface area (Å²) in [4.78, 5) is 27.8. The number of halogens is 1. The maximum absolute atomic E-state index is 13.2. The average molecular weight is 461 g/mol. The quantitative estimate of drug-likeness (QED) is 0.501. The van der Waals surface area contributed by atoms with Gasteiger partial charge in [0.05, 0.1) is 12.9 Å². The van der Waals surface area contributed by atoms with Gasteiger partial charge in [-0.15, -0.1) is 11.8 Å². The Morgan fingerprint density at radius 2 is 1.84 bits per heavy atom. The topological polar surface area (TPSA) is 58.6 Å². The summed E-state index contributed by atoms with van der Waals surface area (Å²) >= 11 is 1.45. The van der Waals surface area contributed by atoms with Crippen molar-refractivity contribution in [3.8, 4) is 5.75 Å². The highest BCUT2D eigenvalue weighted by Crippen LogP contribution is 2.20. The number of amides is 2. The zero-order chi connectivity index (χ0) is 23.5. The first kappa shape index (κ1) is 25.7. The van der Waals surface area contributed by atoms with E-state index in [2.05, 4.69) is 5.32 Å². The number of nitrogens with zero attached hydrogens (tertiary/aromatic N) is 1. The Morgan fingerprint density at radius 3 is 2.47 bits per heavy atom. The van der Waals surface area contributed by atoms with E-state index in [1.54, 1.807) is 24.1 Å². The van der Waals surface area contributed by atoms with E-state index in [0.29, 0.717) is 36.9 Å². The Bertz CT molecular complexity index is 874. The van der Waals surface area contributed by atoms with Crippen molar-refractivity contribution in [3.05, 3.63) is 65.5 Å².